The molecule has 0 aromatic rings. The van der Waals surface area contributed by atoms with E-state index in [1.54, 1.807) is 0 Å². The number of unbranched alkanes of at least 4 members (excludes halogenated alkanes) is 36. The lowest BCUT2D eigenvalue weighted by Crippen LogP contribution is -2.47. The summed E-state index contributed by atoms with van der Waals surface area (Å²) in [5.41, 5.74) is 0. The van der Waals surface area contributed by atoms with Gasteiger partial charge in [-0.3, -0.25) is 18.6 Å². The number of phosphoric acid groups is 1. The van der Waals surface area contributed by atoms with Crippen LogP contribution < -0.4 is 5.32 Å². The van der Waals surface area contributed by atoms with E-state index in [1.165, 1.54) is 199 Å². The summed E-state index contributed by atoms with van der Waals surface area (Å²) in [6, 6.07) is -0.846. The van der Waals surface area contributed by atoms with Crippen molar-refractivity contribution in [2.24, 2.45) is 0 Å². The fourth-order valence-electron chi connectivity index (χ4n) is 9.03. The molecule has 72 heavy (non-hydrogen) atoms. The third kappa shape index (κ3) is 53.1. The van der Waals surface area contributed by atoms with Crippen molar-refractivity contribution in [1.29, 1.82) is 0 Å². The zero-order valence-corrected chi connectivity index (χ0v) is 49.3. The molecule has 0 saturated carbocycles. The number of allylic oxidation sites excluding steroid dienone is 5. The first-order valence-corrected chi connectivity index (χ1v) is 32.3. The van der Waals surface area contributed by atoms with Gasteiger partial charge >= 0.3 is 13.8 Å². The smallest absolute Gasteiger partial charge is 0.456 e. The SMILES string of the molecule is CCCCC/C=C\C/C=C\CCCCCCCCCCCC(=O)NC(COP(=O)(O)OCC[N+](C)(C)C)C(/C=C/CCCCCCCCCCCC)OC(=O)CCCCCCCCCCCCCCCCC. The van der Waals surface area contributed by atoms with Crippen LogP contribution in [0.5, 0.6) is 0 Å². The maximum atomic E-state index is 13.5. The molecule has 9 nitrogen and oxygen atoms in total. The van der Waals surface area contributed by atoms with Crippen LogP contribution in [0, 0.1) is 0 Å². The molecular weight excluding hydrogens is 916 g/mol. The van der Waals surface area contributed by atoms with Crippen LogP contribution in [-0.2, 0) is 27.9 Å². The zero-order valence-electron chi connectivity index (χ0n) is 48.4. The van der Waals surface area contributed by atoms with E-state index in [-0.39, 0.29) is 25.1 Å². The third-order valence-electron chi connectivity index (χ3n) is 13.8. The number of hydrogen-bond donors (Lipinski definition) is 2. The summed E-state index contributed by atoms with van der Waals surface area (Å²) in [6.07, 6.45) is 62.7. The molecule has 0 fully saturated rings. The lowest BCUT2D eigenvalue weighted by molar-refractivity contribution is -0.870. The molecule has 10 heteroatoms. The molecule has 0 aliphatic rings. The van der Waals surface area contributed by atoms with E-state index in [9.17, 15) is 19.0 Å². The van der Waals surface area contributed by atoms with Crippen LogP contribution in [0.15, 0.2) is 36.5 Å². The molecule has 0 bridgehead atoms. The van der Waals surface area contributed by atoms with Gasteiger partial charge in [0.05, 0.1) is 33.8 Å². The monoisotopic (exact) mass is 1040 g/mol. The normalized spacial score (nSPS) is 13.9. The van der Waals surface area contributed by atoms with E-state index in [0.29, 0.717) is 23.9 Å². The third-order valence-corrected chi connectivity index (χ3v) is 14.8. The first kappa shape index (κ1) is 70.2. The summed E-state index contributed by atoms with van der Waals surface area (Å²) in [6.45, 7) is 7.01. The van der Waals surface area contributed by atoms with Crippen LogP contribution in [0.3, 0.4) is 0 Å². The number of esters is 1. The Kier molecular flexibility index (Phi) is 51.4. The highest BCUT2D eigenvalue weighted by atomic mass is 31.2. The minimum Gasteiger partial charge on any atom is -0.456 e. The molecule has 3 unspecified atom stereocenters. The first-order valence-electron chi connectivity index (χ1n) is 30.8. The lowest BCUT2D eigenvalue weighted by Gasteiger charge is -2.27. The van der Waals surface area contributed by atoms with Crippen LogP contribution in [-0.4, -0.2) is 74.3 Å². The summed E-state index contributed by atoms with van der Waals surface area (Å²) in [7, 11) is 1.50. The summed E-state index contributed by atoms with van der Waals surface area (Å²) >= 11 is 0. The van der Waals surface area contributed by atoms with Gasteiger partial charge in [-0.2, -0.15) is 0 Å². The van der Waals surface area contributed by atoms with E-state index >= 15 is 0 Å². The minimum absolute atomic E-state index is 0.0416. The Balaban J connectivity index is 5.25. The molecule has 0 saturated heterocycles. The maximum absolute atomic E-state index is 13.5. The molecule has 0 rings (SSSR count). The van der Waals surface area contributed by atoms with Gasteiger partial charge in [0.1, 0.15) is 19.3 Å². The second kappa shape index (κ2) is 52.7. The highest BCUT2D eigenvalue weighted by Gasteiger charge is 2.30. The van der Waals surface area contributed by atoms with Crippen LogP contribution in [0.1, 0.15) is 297 Å². The summed E-state index contributed by atoms with van der Waals surface area (Å²) in [4.78, 5) is 37.7. The molecule has 0 aromatic heterocycles. The number of carbonyl (C=O) groups excluding carboxylic acids is 2. The number of ether oxygens (including phenoxy) is 1. The van der Waals surface area contributed by atoms with Gasteiger partial charge in [-0.15, -0.1) is 0 Å². The molecule has 0 heterocycles. The largest absolute Gasteiger partial charge is 0.472 e. The van der Waals surface area contributed by atoms with Gasteiger partial charge in [0.25, 0.3) is 0 Å². The summed E-state index contributed by atoms with van der Waals surface area (Å²) < 4.78 is 30.7. The average Bonchev–Trinajstić information content (AvgIpc) is 3.34. The molecule has 0 radical (unpaired) electrons. The number of hydrogen-bond acceptors (Lipinski definition) is 6. The van der Waals surface area contributed by atoms with E-state index in [4.69, 9.17) is 13.8 Å². The average molecular weight is 1040 g/mol. The van der Waals surface area contributed by atoms with Crippen molar-refractivity contribution in [2.75, 3.05) is 40.9 Å². The van der Waals surface area contributed by atoms with Gasteiger partial charge in [-0.1, -0.05) is 257 Å². The van der Waals surface area contributed by atoms with Gasteiger partial charge in [0.15, 0.2) is 0 Å². The van der Waals surface area contributed by atoms with Crippen LogP contribution >= 0.6 is 7.82 Å². The van der Waals surface area contributed by atoms with E-state index in [2.05, 4.69) is 50.4 Å². The van der Waals surface area contributed by atoms with Crippen LogP contribution in [0.4, 0.5) is 0 Å². The first-order chi connectivity index (χ1) is 34.9. The lowest BCUT2D eigenvalue weighted by atomic mass is 10.0. The second-order valence-corrected chi connectivity index (χ2v) is 23.7. The number of quaternary nitrogens is 1. The Morgan fingerprint density at radius 1 is 0.486 bits per heavy atom. The van der Waals surface area contributed by atoms with E-state index in [0.717, 1.165) is 64.2 Å². The number of carbonyl (C=O) groups is 2. The van der Waals surface area contributed by atoms with Crippen molar-refractivity contribution < 1.29 is 37.3 Å². The zero-order chi connectivity index (χ0) is 52.9. The fraction of sp³-hybridized carbons (Fsp3) is 0.871. The van der Waals surface area contributed by atoms with E-state index in [1.807, 2.05) is 33.3 Å². The number of nitrogens with one attached hydrogen (secondary N) is 1. The molecule has 424 valence electrons. The summed E-state index contributed by atoms with van der Waals surface area (Å²) in [5, 5.41) is 3.06. The molecule has 0 spiro atoms. The highest BCUT2D eigenvalue weighted by Crippen LogP contribution is 2.43. The van der Waals surface area contributed by atoms with Gasteiger partial charge in [0, 0.05) is 12.8 Å². The van der Waals surface area contributed by atoms with Gasteiger partial charge in [0.2, 0.25) is 5.91 Å². The highest BCUT2D eigenvalue weighted by molar-refractivity contribution is 7.47. The number of phosphoric ester groups is 1. The topological polar surface area (TPSA) is 111 Å². The predicted molar refractivity (Wildman–Crippen MR) is 309 cm³/mol. The number of likely N-dealkylation sites (N-methyl/N-ethyl adjacent to an activating group) is 1. The number of nitrogens with zero attached hydrogens (tertiary/aromatic N) is 1. The van der Waals surface area contributed by atoms with Crippen molar-refractivity contribution in [3.8, 4) is 0 Å². The summed E-state index contributed by atoms with van der Waals surface area (Å²) in [5.74, 6) is -0.497. The van der Waals surface area contributed by atoms with Crippen molar-refractivity contribution in [3.63, 3.8) is 0 Å². The Bertz CT molecular complexity index is 1330. The van der Waals surface area contributed by atoms with E-state index < -0.39 is 20.0 Å². The molecule has 0 aliphatic heterocycles. The predicted octanol–water partition coefficient (Wildman–Crippen LogP) is 18.7. The Labute approximate surface area is 446 Å². The molecule has 2 N–H and O–H groups in total. The molecule has 0 aliphatic carbocycles. The van der Waals surface area contributed by atoms with Gasteiger partial charge in [-0.25, -0.2) is 4.57 Å². The Hall–Kier alpha value is -1.77. The Morgan fingerprint density at radius 3 is 1.28 bits per heavy atom. The Morgan fingerprint density at radius 2 is 0.847 bits per heavy atom. The molecule has 1 amide bonds. The molecule has 3 atom stereocenters. The van der Waals surface area contributed by atoms with Crippen LogP contribution in [0.25, 0.3) is 0 Å². The van der Waals surface area contributed by atoms with Crippen LogP contribution in [0.2, 0.25) is 0 Å². The number of amides is 1. The minimum atomic E-state index is -4.44. The van der Waals surface area contributed by atoms with Gasteiger partial charge in [-0.05, 0) is 63.9 Å². The van der Waals surface area contributed by atoms with Gasteiger partial charge < -0.3 is 19.4 Å². The van der Waals surface area contributed by atoms with Crippen molar-refractivity contribution in [1.82, 2.24) is 5.32 Å². The fourth-order valence-corrected chi connectivity index (χ4v) is 9.77. The molecule has 0 aromatic carbocycles. The second-order valence-electron chi connectivity index (χ2n) is 22.2. The maximum Gasteiger partial charge on any atom is 0.472 e. The number of rotatable bonds is 56. The quantitative estimate of drug-likeness (QED) is 0.0205. The molecular formula is C62H120N2O7P+. The van der Waals surface area contributed by atoms with Crippen molar-refractivity contribution in [3.05, 3.63) is 36.5 Å². The standard InChI is InChI=1S/C62H119N2O7P/c1-7-10-13-16-19-22-25-28-30-31-32-33-35-36-39-42-45-48-51-54-61(65)63-59(58-70-72(67,68)69-57-56-64(4,5)6)60(53-50-47-44-41-38-27-24-21-18-15-12-9-3)71-62(66)55-52-49-46-43-40-37-34-29-26-23-20-17-14-11-8-2/h19,22,28,30,50,53,59-60H,7-18,20-21,23-27,29,31-49,51-52,54-58H2,1-6H3,(H-,63,65,67,68)/p+1/b22-19-,30-28-,53-50+. The van der Waals surface area contributed by atoms with Crippen molar-refractivity contribution >= 4 is 19.7 Å². The van der Waals surface area contributed by atoms with Crippen molar-refractivity contribution in [2.45, 2.75) is 309 Å².